The molecule has 2 aromatic carbocycles. The van der Waals surface area contributed by atoms with Crippen molar-refractivity contribution in [2.45, 2.75) is 32.1 Å². The minimum atomic E-state index is 0.0977. The van der Waals surface area contributed by atoms with Crippen LogP contribution >= 0.6 is 23.2 Å². The van der Waals surface area contributed by atoms with Gasteiger partial charge in [0.05, 0.1) is 19.0 Å². The molecule has 0 amide bonds. The van der Waals surface area contributed by atoms with Crippen molar-refractivity contribution in [2.75, 3.05) is 0 Å². The second-order valence-electron chi connectivity index (χ2n) is 5.98. The Morgan fingerprint density at radius 2 is 1.56 bits per heavy atom. The topological polar surface area (TPSA) is 27.1 Å². The molecule has 0 bridgehead atoms. The number of aromatic nitrogens is 2. The largest absolute Gasteiger partial charge is 0.372 e. The summed E-state index contributed by atoms with van der Waals surface area (Å²) < 4.78 is 8.22. The maximum Gasteiger partial charge on any atom is 0.0946 e. The van der Waals surface area contributed by atoms with E-state index in [2.05, 4.69) is 17.1 Å². The number of benzene rings is 2. The molecule has 3 nitrogen and oxygen atoms in total. The Hall–Kier alpha value is -1.81. The van der Waals surface area contributed by atoms with E-state index in [-0.39, 0.29) is 6.10 Å². The Balaban J connectivity index is 1.59. The number of aryl methyl sites for hydroxylation is 1. The van der Waals surface area contributed by atoms with Crippen LogP contribution in [0.4, 0.5) is 0 Å². The zero-order chi connectivity index (χ0) is 17.5. The second kappa shape index (κ2) is 9.04. The van der Waals surface area contributed by atoms with Crippen LogP contribution < -0.4 is 0 Å². The molecule has 0 aliphatic heterocycles. The fourth-order valence-electron chi connectivity index (χ4n) is 2.63. The summed E-state index contributed by atoms with van der Waals surface area (Å²) in [5, 5.41) is 1.50. The maximum absolute atomic E-state index is 6.17. The molecule has 0 aliphatic carbocycles. The van der Waals surface area contributed by atoms with Gasteiger partial charge >= 0.3 is 0 Å². The van der Waals surface area contributed by atoms with Crippen molar-refractivity contribution in [3.8, 4) is 0 Å². The third-order valence-corrected chi connectivity index (χ3v) is 4.54. The molecule has 0 N–H and O–H groups in total. The van der Waals surface area contributed by atoms with Gasteiger partial charge < -0.3 is 9.30 Å². The molecule has 0 aliphatic rings. The molecule has 0 spiro atoms. The first-order valence-electron chi connectivity index (χ1n) is 8.25. The van der Waals surface area contributed by atoms with Gasteiger partial charge in [0.1, 0.15) is 0 Å². The fourth-order valence-corrected chi connectivity index (χ4v) is 2.88. The SMILES string of the molecule is Clc1ccc(CCC(Cn2ccnc2)OCc2ccc(Cl)cc2)cc1. The number of hydrogen-bond donors (Lipinski definition) is 0. The lowest BCUT2D eigenvalue weighted by atomic mass is 10.1. The van der Waals surface area contributed by atoms with E-state index in [0.717, 1.165) is 35.0 Å². The molecule has 3 rings (SSSR count). The first kappa shape index (κ1) is 18.0. The molecular weight excluding hydrogens is 355 g/mol. The van der Waals surface area contributed by atoms with Crippen LogP contribution in [0, 0.1) is 0 Å². The fraction of sp³-hybridized carbons (Fsp3) is 0.250. The van der Waals surface area contributed by atoms with Crippen LogP contribution in [0.15, 0.2) is 67.3 Å². The Labute approximate surface area is 158 Å². The van der Waals surface area contributed by atoms with E-state index < -0.39 is 0 Å². The van der Waals surface area contributed by atoms with Gasteiger partial charge in [-0.1, -0.05) is 47.5 Å². The molecule has 130 valence electrons. The Morgan fingerprint density at radius 1 is 0.920 bits per heavy atom. The van der Waals surface area contributed by atoms with E-state index in [4.69, 9.17) is 27.9 Å². The molecule has 0 fully saturated rings. The minimum absolute atomic E-state index is 0.0977. The van der Waals surface area contributed by atoms with Gasteiger partial charge in [0, 0.05) is 29.0 Å². The predicted molar refractivity (Wildman–Crippen MR) is 102 cm³/mol. The number of imidazole rings is 1. The van der Waals surface area contributed by atoms with Crippen LogP contribution in [-0.4, -0.2) is 15.7 Å². The van der Waals surface area contributed by atoms with Gasteiger partial charge in [-0.05, 0) is 48.2 Å². The summed E-state index contributed by atoms with van der Waals surface area (Å²) in [5.74, 6) is 0. The predicted octanol–water partition coefficient (Wildman–Crippen LogP) is 5.41. The Kier molecular flexibility index (Phi) is 6.51. The number of halogens is 2. The van der Waals surface area contributed by atoms with E-state index in [1.54, 1.807) is 6.20 Å². The average Bonchev–Trinajstić information content (AvgIpc) is 3.13. The van der Waals surface area contributed by atoms with Crippen molar-refractivity contribution in [3.05, 3.63) is 88.4 Å². The molecule has 0 saturated carbocycles. The first-order valence-corrected chi connectivity index (χ1v) is 9.01. The summed E-state index contributed by atoms with van der Waals surface area (Å²) in [5.41, 5.74) is 2.38. The first-order chi connectivity index (χ1) is 12.2. The van der Waals surface area contributed by atoms with E-state index in [1.807, 2.05) is 53.5 Å². The molecule has 1 unspecified atom stereocenters. The van der Waals surface area contributed by atoms with E-state index in [9.17, 15) is 0 Å². The Bertz CT molecular complexity index is 706. The molecule has 25 heavy (non-hydrogen) atoms. The third-order valence-electron chi connectivity index (χ3n) is 4.04. The molecule has 0 radical (unpaired) electrons. The highest BCUT2D eigenvalue weighted by atomic mass is 35.5. The van der Waals surface area contributed by atoms with Crippen LogP contribution in [0.25, 0.3) is 0 Å². The van der Waals surface area contributed by atoms with Crippen molar-refractivity contribution in [3.63, 3.8) is 0 Å². The number of hydrogen-bond acceptors (Lipinski definition) is 2. The molecule has 1 heterocycles. The van der Waals surface area contributed by atoms with Gasteiger partial charge in [0.25, 0.3) is 0 Å². The maximum atomic E-state index is 6.17. The van der Waals surface area contributed by atoms with Gasteiger partial charge in [0.2, 0.25) is 0 Å². The third kappa shape index (κ3) is 5.89. The quantitative estimate of drug-likeness (QED) is 0.527. The van der Waals surface area contributed by atoms with Crippen LogP contribution in [0.3, 0.4) is 0 Å². The second-order valence-corrected chi connectivity index (χ2v) is 6.86. The van der Waals surface area contributed by atoms with Gasteiger partial charge in [-0.25, -0.2) is 4.98 Å². The molecule has 1 aromatic heterocycles. The molecular formula is C20H20Cl2N2O. The normalized spacial score (nSPS) is 12.2. The van der Waals surface area contributed by atoms with Gasteiger partial charge in [-0.15, -0.1) is 0 Å². The lowest BCUT2D eigenvalue weighted by Crippen LogP contribution is -2.20. The highest BCUT2D eigenvalue weighted by Crippen LogP contribution is 2.16. The zero-order valence-electron chi connectivity index (χ0n) is 13.8. The summed E-state index contributed by atoms with van der Waals surface area (Å²) in [6.07, 6.45) is 7.53. The molecule has 0 saturated heterocycles. The summed E-state index contributed by atoms with van der Waals surface area (Å²) in [4.78, 5) is 4.11. The summed E-state index contributed by atoms with van der Waals surface area (Å²) in [6, 6.07) is 15.8. The van der Waals surface area contributed by atoms with Crippen molar-refractivity contribution < 1.29 is 4.74 Å². The van der Waals surface area contributed by atoms with Crippen molar-refractivity contribution in [1.82, 2.24) is 9.55 Å². The van der Waals surface area contributed by atoms with E-state index >= 15 is 0 Å². The molecule has 5 heteroatoms. The van der Waals surface area contributed by atoms with E-state index in [0.29, 0.717) is 6.61 Å². The van der Waals surface area contributed by atoms with Gasteiger partial charge in [0.15, 0.2) is 0 Å². The monoisotopic (exact) mass is 374 g/mol. The summed E-state index contributed by atoms with van der Waals surface area (Å²) in [6.45, 7) is 1.35. The highest BCUT2D eigenvalue weighted by molar-refractivity contribution is 6.30. The minimum Gasteiger partial charge on any atom is -0.372 e. The van der Waals surface area contributed by atoms with Gasteiger partial charge in [-0.2, -0.15) is 0 Å². The summed E-state index contributed by atoms with van der Waals surface area (Å²) >= 11 is 11.9. The van der Waals surface area contributed by atoms with E-state index in [1.165, 1.54) is 5.56 Å². The Morgan fingerprint density at radius 3 is 2.16 bits per heavy atom. The lowest BCUT2D eigenvalue weighted by Gasteiger charge is -2.19. The van der Waals surface area contributed by atoms with Crippen LogP contribution in [0.5, 0.6) is 0 Å². The highest BCUT2D eigenvalue weighted by Gasteiger charge is 2.11. The standard InChI is InChI=1S/C20H20Cl2N2O/c21-18-6-1-16(2-7-18)5-10-20(13-24-12-11-23-15-24)25-14-17-3-8-19(22)9-4-17/h1-4,6-9,11-12,15,20H,5,10,13-14H2. The average molecular weight is 375 g/mol. The summed E-state index contributed by atoms with van der Waals surface area (Å²) in [7, 11) is 0. The zero-order valence-corrected chi connectivity index (χ0v) is 15.3. The van der Waals surface area contributed by atoms with Crippen molar-refractivity contribution in [1.29, 1.82) is 0 Å². The van der Waals surface area contributed by atoms with Crippen LogP contribution in [0.1, 0.15) is 17.5 Å². The number of ether oxygens (including phenoxy) is 1. The molecule has 1 atom stereocenters. The smallest absolute Gasteiger partial charge is 0.0946 e. The molecule has 3 aromatic rings. The lowest BCUT2D eigenvalue weighted by molar-refractivity contribution is 0.0239. The van der Waals surface area contributed by atoms with Gasteiger partial charge in [-0.3, -0.25) is 0 Å². The number of rotatable bonds is 8. The number of nitrogens with zero attached hydrogens (tertiary/aromatic N) is 2. The van der Waals surface area contributed by atoms with Crippen molar-refractivity contribution >= 4 is 23.2 Å². The van der Waals surface area contributed by atoms with Crippen molar-refractivity contribution in [2.24, 2.45) is 0 Å². The van der Waals surface area contributed by atoms with Crippen LogP contribution in [-0.2, 0) is 24.3 Å². The van der Waals surface area contributed by atoms with Crippen LogP contribution in [0.2, 0.25) is 10.0 Å².